The van der Waals surface area contributed by atoms with E-state index < -0.39 is 5.82 Å². The van der Waals surface area contributed by atoms with Gasteiger partial charge in [-0.15, -0.1) is 0 Å². The zero-order valence-corrected chi connectivity index (χ0v) is 12.2. The maximum absolute atomic E-state index is 13.7. The number of nitrogens with one attached hydrogen (secondary N) is 2. The highest BCUT2D eigenvalue weighted by molar-refractivity contribution is 6.30. The number of hydrogen-bond acceptors (Lipinski definition) is 3. The molecule has 0 bridgehead atoms. The van der Waals surface area contributed by atoms with Gasteiger partial charge in [0, 0.05) is 17.1 Å². The molecule has 0 radical (unpaired) electrons. The van der Waals surface area contributed by atoms with Crippen molar-refractivity contribution in [3.63, 3.8) is 0 Å². The maximum Gasteiger partial charge on any atom is 0.251 e. The second-order valence-corrected chi connectivity index (χ2v) is 4.85. The molecule has 1 amide bonds. The Balaban J connectivity index is 2.25. The fourth-order valence-corrected chi connectivity index (χ4v) is 1.99. The van der Waals surface area contributed by atoms with Crippen molar-refractivity contribution in [2.75, 3.05) is 17.6 Å². The molecule has 110 valence electrons. The molecule has 2 aromatic carbocycles. The van der Waals surface area contributed by atoms with Crippen molar-refractivity contribution in [2.45, 2.75) is 6.92 Å². The van der Waals surface area contributed by atoms with E-state index in [0.717, 1.165) is 0 Å². The van der Waals surface area contributed by atoms with Crippen LogP contribution >= 0.6 is 11.6 Å². The summed E-state index contributed by atoms with van der Waals surface area (Å²) < 4.78 is 13.7. The van der Waals surface area contributed by atoms with Gasteiger partial charge in [0.15, 0.2) is 0 Å². The number of carbonyl (C=O) groups is 1. The van der Waals surface area contributed by atoms with Crippen LogP contribution in [0, 0.1) is 5.82 Å². The van der Waals surface area contributed by atoms with E-state index in [1.807, 2.05) is 6.92 Å². The van der Waals surface area contributed by atoms with Crippen molar-refractivity contribution >= 4 is 34.6 Å². The van der Waals surface area contributed by atoms with E-state index in [9.17, 15) is 9.18 Å². The van der Waals surface area contributed by atoms with Crippen LogP contribution in [0.5, 0.6) is 0 Å². The van der Waals surface area contributed by atoms with Gasteiger partial charge in [-0.25, -0.2) is 4.39 Å². The van der Waals surface area contributed by atoms with E-state index in [2.05, 4.69) is 10.6 Å². The summed E-state index contributed by atoms with van der Waals surface area (Å²) >= 11 is 5.83. The first-order chi connectivity index (χ1) is 10.0. The Morgan fingerprint density at radius 1 is 1.24 bits per heavy atom. The second-order valence-electron chi connectivity index (χ2n) is 4.41. The third-order valence-corrected chi connectivity index (χ3v) is 3.08. The summed E-state index contributed by atoms with van der Waals surface area (Å²) in [4.78, 5) is 11.7. The van der Waals surface area contributed by atoms with Crippen molar-refractivity contribution < 1.29 is 9.18 Å². The molecule has 21 heavy (non-hydrogen) atoms. The van der Waals surface area contributed by atoms with Crippen LogP contribution in [0.4, 0.5) is 21.5 Å². The monoisotopic (exact) mass is 307 g/mol. The van der Waals surface area contributed by atoms with Crippen molar-refractivity contribution in [1.29, 1.82) is 0 Å². The average Bonchev–Trinajstić information content (AvgIpc) is 2.45. The number of rotatable bonds is 4. The lowest BCUT2D eigenvalue weighted by Crippen LogP contribution is -2.22. The molecule has 0 aromatic heterocycles. The summed E-state index contributed by atoms with van der Waals surface area (Å²) in [5.41, 5.74) is 7.42. The van der Waals surface area contributed by atoms with Gasteiger partial charge in [-0.1, -0.05) is 11.6 Å². The van der Waals surface area contributed by atoms with Crippen LogP contribution in [0.3, 0.4) is 0 Å². The van der Waals surface area contributed by atoms with Crippen LogP contribution in [0.2, 0.25) is 5.02 Å². The summed E-state index contributed by atoms with van der Waals surface area (Å²) in [7, 11) is 0. The zero-order chi connectivity index (χ0) is 15.4. The molecule has 2 rings (SSSR count). The van der Waals surface area contributed by atoms with Gasteiger partial charge in [0.2, 0.25) is 0 Å². The number of nitrogens with two attached hydrogens (primary N) is 1. The Morgan fingerprint density at radius 2 is 2.00 bits per heavy atom. The molecule has 0 heterocycles. The van der Waals surface area contributed by atoms with Crippen molar-refractivity contribution in [3.05, 3.63) is 52.8 Å². The van der Waals surface area contributed by atoms with Crippen molar-refractivity contribution in [1.82, 2.24) is 5.32 Å². The first kappa shape index (κ1) is 15.1. The first-order valence-electron chi connectivity index (χ1n) is 6.41. The minimum atomic E-state index is -0.438. The van der Waals surface area contributed by atoms with E-state index in [-0.39, 0.29) is 11.6 Å². The topological polar surface area (TPSA) is 67.2 Å². The number of nitrogen functional groups attached to an aromatic ring is 1. The number of carbonyl (C=O) groups excluding carboxylic acids is 1. The van der Waals surface area contributed by atoms with Gasteiger partial charge in [0.05, 0.1) is 17.1 Å². The minimum Gasteiger partial charge on any atom is -0.397 e. The number of anilines is 3. The largest absolute Gasteiger partial charge is 0.397 e. The van der Waals surface area contributed by atoms with Crippen LogP contribution < -0.4 is 16.4 Å². The smallest absolute Gasteiger partial charge is 0.251 e. The molecule has 0 saturated heterocycles. The average molecular weight is 308 g/mol. The third kappa shape index (κ3) is 3.64. The number of hydrogen-bond donors (Lipinski definition) is 3. The van der Waals surface area contributed by atoms with Gasteiger partial charge < -0.3 is 16.4 Å². The van der Waals surface area contributed by atoms with Gasteiger partial charge >= 0.3 is 0 Å². The summed E-state index contributed by atoms with van der Waals surface area (Å²) in [6.45, 7) is 2.37. The summed E-state index contributed by atoms with van der Waals surface area (Å²) in [6.07, 6.45) is 0. The molecule has 0 aliphatic heterocycles. The van der Waals surface area contributed by atoms with E-state index >= 15 is 0 Å². The number of amides is 1. The Bertz CT molecular complexity index is 676. The van der Waals surface area contributed by atoms with Gasteiger partial charge in [0.25, 0.3) is 5.91 Å². The Hall–Kier alpha value is -2.27. The predicted molar refractivity (Wildman–Crippen MR) is 83.6 cm³/mol. The predicted octanol–water partition coefficient (Wildman–Crippen LogP) is 3.55. The molecule has 0 fully saturated rings. The van der Waals surface area contributed by atoms with Gasteiger partial charge in [-0.3, -0.25) is 4.79 Å². The van der Waals surface area contributed by atoms with Gasteiger partial charge in [-0.2, -0.15) is 0 Å². The lowest BCUT2D eigenvalue weighted by Gasteiger charge is -2.12. The fraction of sp³-hybridized carbons (Fsp3) is 0.133. The molecule has 0 saturated carbocycles. The van der Waals surface area contributed by atoms with Crippen LogP contribution in [-0.2, 0) is 0 Å². The standard InChI is InChI=1S/C15H15ClFN3O/c1-2-19-15(21)9-3-6-13(12(18)7-9)20-14-8-10(16)4-5-11(14)17/h3-8,20H,2,18H2,1H3,(H,19,21). The summed E-state index contributed by atoms with van der Waals surface area (Å²) in [5, 5.41) is 5.96. The second kappa shape index (κ2) is 6.45. The maximum atomic E-state index is 13.7. The number of benzene rings is 2. The highest BCUT2D eigenvalue weighted by Gasteiger charge is 2.09. The number of halogens is 2. The van der Waals surface area contributed by atoms with E-state index in [4.69, 9.17) is 17.3 Å². The molecular weight excluding hydrogens is 293 g/mol. The summed E-state index contributed by atoms with van der Waals surface area (Å²) in [5.74, 6) is -0.642. The van der Waals surface area contributed by atoms with Gasteiger partial charge in [0.1, 0.15) is 5.82 Å². The molecule has 0 aliphatic rings. The minimum absolute atomic E-state index is 0.204. The van der Waals surface area contributed by atoms with Crippen LogP contribution in [-0.4, -0.2) is 12.5 Å². The van der Waals surface area contributed by atoms with Crippen LogP contribution in [0.15, 0.2) is 36.4 Å². The third-order valence-electron chi connectivity index (χ3n) is 2.85. The molecular formula is C15H15ClFN3O. The molecule has 4 N–H and O–H groups in total. The van der Waals surface area contributed by atoms with Crippen LogP contribution in [0.1, 0.15) is 17.3 Å². The molecule has 0 atom stereocenters. The van der Waals surface area contributed by atoms with Crippen molar-refractivity contribution in [2.24, 2.45) is 0 Å². The van der Waals surface area contributed by atoms with E-state index in [0.29, 0.717) is 28.5 Å². The molecule has 0 spiro atoms. The van der Waals surface area contributed by atoms with Gasteiger partial charge in [-0.05, 0) is 43.3 Å². The first-order valence-corrected chi connectivity index (χ1v) is 6.79. The Labute approximate surface area is 127 Å². The molecule has 6 heteroatoms. The fourth-order valence-electron chi connectivity index (χ4n) is 1.82. The molecule has 0 aliphatic carbocycles. The van der Waals surface area contributed by atoms with Crippen LogP contribution in [0.25, 0.3) is 0 Å². The molecule has 0 unspecified atom stereocenters. The zero-order valence-electron chi connectivity index (χ0n) is 11.4. The highest BCUT2D eigenvalue weighted by Crippen LogP contribution is 2.27. The highest BCUT2D eigenvalue weighted by atomic mass is 35.5. The Kier molecular flexibility index (Phi) is 4.65. The lowest BCUT2D eigenvalue weighted by molar-refractivity contribution is 0.0956. The van der Waals surface area contributed by atoms with E-state index in [1.54, 1.807) is 12.1 Å². The lowest BCUT2D eigenvalue weighted by atomic mass is 10.1. The van der Waals surface area contributed by atoms with Crippen molar-refractivity contribution in [3.8, 4) is 0 Å². The SMILES string of the molecule is CCNC(=O)c1ccc(Nc2cc(Cl)ccc2F)c(N)c1. The molecule has 4 nitrogen and oxygen atoms in total. The molecule has 2 aromatic rings. The normalized spacial score (nSPS) is 10.2. The summed E-state index contributed by atoms with van der Waals surface area (Å²) in [6, 6.07) is 8.98. The van der Waals surface area contributed by atoms with E-state index in [1.165, 1.54) is 24.3 Å². The quantitative estimate of drug-likeness (QED) is 0.757. The Morgan fingerprint density at radius 3 is 2.67 bits per heavy atom.